The summed E-state index contributed by atoms with van der Waals surface area (Å²) in [6.45, 7) is 0. The second kappa shape index (κ2) is 6.23. The number of benzene rings is 1. The molecular weight excluding hydrogens is 393 g/mol. The van der Waals surface area contributed by atoms with E-state index in [-0.39, 0.29) is 17.2 Å². The molecule has 20 heavy (non-hydrogen) atoms. The molecule has 7 heteroatoms. The molecule has 0 bridgehead atoms. The summed E-state index contributed by atoms with van der Waals surface area (Å²) in [4.78, 5) is 23.2. The average Bonchev–Trinajstić information content (AvgIpc) is 2.85. The molecule has 5 nitrogen and oxygen atoms in total. The van der Waals surface area contributed by atoms with E-state index in [0.29, 0.717) is 11.3 Å². The first-order chi connectivity index (χ1) is 9.51. The fourth-order valence-corrected chi connectivity index (χ4v) is 2.89. The van der Waals surface area contributed by atoms with Gasteiger partial charge in [0.15, 0.2) is 0 Å². The highest BCUT2D eigenvalue weighted by molar-refractivity contribution is 14.1. The van der Waals surface area contributed by atoms with E-state index in [9.17, 15) is 9.59 Å². The third-order valence-corrected chi connectivity index (χ3v) is 4.32. The number of hydrogen-bond acceptors (Lipinski definition) is 4. The van der Waals surface area contributed by atoms with Crippen molar-refractivity contribution in [3.8, 4) is 5.75 Å². The van der Waals surface area contributed by atoms with E-state index in [2.05, 4.69) is 27.9 Å². The van der Waals surface area contributed by atoms with Gasteiger partial charge in [0, 0.05) is 11.4 Å². The second-order valence-electron chi connectivity index (χ2n) is 3.81. The number of carboxylic acids is 1. The fourth-order valence-electron chi connectivity index (χ4n) is 1.56. The Balaban J connectivity index is 2.31. The molecule has 1 amide bonds. The molecule has 0 aliphatic rings. The first kappa shape index (κ1) is 14.8. The summed E-state index contributed by atoms with van der Waals surface area (Å²) in [7, 11) is 1.47. The van der Waals surface area contributed by atoms with Crippen molar-refractivity contribution in [3.05, 3.63) is 43.7 Å². The number of carbonyl (C=O) groups excluding carboxylic acids is 1. The van der Waals surface area contributed by atoms with E-state index in [0.717, 1.165) is 2.88 Å². The first-order valence-corrected chi connectivity index (χ1v) is 7.44. The van der Waals surface area contributed by atoms with Crippen LogP contribution in [0.5, 0.6) is 5.75 Å². The maximum atomic E-state index is 12.1. The predicted molar refractivity (Wildman–Crippen MR) is 84.9 cm³/mol. The van der Waals surface area contributed by atoms with Gasteiger partial charge in [0.25, 0.3) is 5.91 Å². The Morgan fingerprint density at radius 1 is 1.35 bits per heavy atom. The molecule has 0 unspecified atom stereocenters. The van der Waals surface area contributed by atoms with Gasteiger partial charge in [-0.05, 0) is 40.8 Å². The average molecular weight is 403 g/mol. The van der Waals surface area contributed by atoms with Crippen LogP contribution in [-0.2, 0) is 0 Å². The van der Waals surface area contributed by atoms with Gasteiger partial charge in [-0.3, -0.25) is 4.79 Å². The van der Waals surface area contributed by atoms with Crippen LogP contribution in [0.15, 0.2) is 29.6 Å². The summed E-state index contributed by atoms with van der Waals surface area (Å²) in [6.07, 6.45) is 0. The molecule has 1 aromatic heterocycles. The maximum Gasteiger partial charge on any atom is 0.337 e. The minimum absolute atomic E-state index is 0.0177. The Hall–Kier alpha value is -1.61. The lowest BCUT2D eigenvalue weighted by Crippen LogP contribution is -2.14. The molecule has 0 aliphatic carbocycles. The van der Waals surface area contributed by atoms with Crippen molar-refractivity contribution in [2.24, 2.45) is 0 Å². The number of carbonyl (C=O) groups is 2. The molecule has 104 valence electrons. The highest BCUT2D eigenvalue weighted by Gasteiger charge is 2.15. The van der Waals surface area contributed by atoms with Crippen LogP contribution in [0.1, 0.15) is 20.7 Å². The Morgan fingerprint density at radius 3 is 2.65 bits per heavy atom. The van der Waals surface area contributed by atoms with Gasteiger partial charge >= 0.3 is 5.97 Å². The quantitative estimate of drug-likeness (QED) is 0.769. The molecule has 0 spiro atoms. The van der Waals surface area contributed by atoms with Gasteiger partial charge in [-0.25, -0.2) is 4.79 Å². The Morgan fingerprint density at radius 2 is 2.10 bits per heavy atom. The lowest BCUT2D eigenvalue weighted by molar-refractivity contribution is 0.0698. The summed E-state index contributed by atoms with van der Waals surface area (Å²) < 4.78 is 6.02. The third-order valence-electron chi connectivity index (χ3n) is 2.53. The predicted octanol–water partition coefficient (Wildman–Crippen LogP) is 3.31. The van der Waals surface area contributed by atoms with E-state index in [1.54, 1.807) is 11.4 Å². The molecule has 2 N–H and O–H groups in total. The molecule has 1 heterocycles. The molecule has 2 rings (SSSR count). The number of rotatable bonds is 4. The Bertz CT molecular complexity index is 668. The summed E-state index contributed by atoms with van der Waals surface area (Å²) in [5.41, 5.74) is 0.727. The van der Waals surface area contributed by atoms with Gasteiger partial charge in [-0.15, -0.1) is 11.3 Å². The van der Waals surface area contributed by atoms with Gasteiger partial charge in [0.05, 0.1) is 26.8 Å². The molecule has 0 atom stereocenters. The second-order valence-corrected chi connectivity index (χ2v) is 6.62. The number of halogens is 1. The fraction of sp³-hybridized carbons (Fsp3) is 0.0769. The number of thiophene rings is 1. The molecule has 1 aromatic carbocycles. The van der Waals surface area contributed by atoms with Crippen molar-refractivity contribution in [1.82, 2.24) is 0 Å². The van der Waals surface area contributed by atoms with Gasteiger partial charge in [-0.2, -0.15) is 0 Å². The van der Waals surface area contributed by atoms with E-state index >= 15 is 0 Å². The van der Waals surface area contributed by atoms with Crippen molar-refractivity contribution >= 4 is 51.5 Å². The molecule has 0 radical (unpaired) electrons. The van der Waals surface area contributed by atoms with Crippen LogP contribution in [0.2, 0.25) is 0 Å². The molecule has 0 saturated heterocycles. The van der Waals surface area contributed by atoms with Crippen LogP contribution in [-0.4, -0.2) is 24.1 Å². The van der Waals surface area contributed by atoms with E-state index < -0.39 is 5.97 Å². The van der Waals surface area contributed by atoms with Crippen LogP contribution in [0, 0.1) is 2.88 Å². The summed E-state index contributed by atoms with van der Waals surface area (Å²) in [5.74, 6) is -0.979. The number of methoxy groups -OCH3 is 1. The Labute approximate surface area is 132 Å². The number of anilines is 1. The lowest BCUT2D eigenvalue weighted by atomic mass is 10.1. The van der Waals surface area contributed by atoms with Crippen molar-refractivity contribution in [2.45, 2.75) is 0 Å². The minimum Gasteiger partial charge on any atom is -0.497 e. The molecular formula is C13H10INO4S. The van der Waals surface area contributed by atoms with Crippen LogP contribution in [0.3, 0.4) is 0 Å². The monoisotopic (exact) mass is 403 g/mol. The molecule has 0 fully saturated rings. The minimum atomic E-state index is -1.11. The van der Waals surface area contributed by atoms with E-state index in [1.807, 2.05) is 0 Å². The van der Waals surface area contributed by atoms with E-state index in [1.165, 1.54) is 36.6 Å². The highest BCUT2D eigenvalue weighted by atomic mass is 127. The van der Waals surface area contributed by atoms with Gasteiger partial charge in [-0.1, -0.05) is 0 Å². The van der Waals surface area contributed by atoms with Crippen LogP contribution in [0.4, 0.5) is 5.69 Å². The molecule has 0 aliphatic heterocycles. The normalized spacial score (nSPS) is 10.1. The van der Waals surface area contributed by atoms with Crippen molar-refractivity contribution in [1.29, 1.82) is 0 Å². The largest absolute Gasteiger partial charge is 0.497 e. The Kier molecular flexibility index (Phi) is 4.61. The maximum absolute atomic E-state index is 12.1. The topological polar surface area (TPSA) is 75.6 Å². The number of hydrogen-bond donors (Lipinski definition) is 2. The number of ether oxygens (including phenoxy) is 1. The van der Waals surface area contributed by atoms with Gasteiger partial charge in [0.2, 0.25) is 0 Å². The molecule has 0 saturated carbocycles. The zero-order valence-corrected chi connectivity index (χ0v) is 13.3. The van der Waals surface area contributed by atoms with E-state index in [4.69, 9.17) is 9.84 Å². The van der Waals surface area contributed by atoms with Crippen LogP contribution < -0.4 is 10.1 Å². The summed E-state index contributed by atoms with van der Waals surface area (Å²) >= 11 is 3.56. The zero-order chi connectivity index (χ0) is 14.7. The zero-order valence-electron chi connectivity index (χ0n) is 10.3. The van der Waals surface area contributed by atoms with Crippen LogP contribution >= 0.6 is 33.9 Å². The number of amides is 1. The van der Waals surface area contributed by atoms with Gasteiger partial charge in [0.1, 0.15) is 5.75 Å². The van der Waals surface area contributed by atoms with Gasteiger partial charge < -0.3 is 15.2 Å². The SMILES string of the molecule is COc1ccc(C(=O)O)c(NC(=O)c2csc(I)c2)c1. The summed E-state index contributed by atoms with van der Waals surface area (Å²) in [6, 6.07) is 6.15. The standard InChI is InChI=1S/C13H10INO4S/c1-19-8-2-3-9(13(17)18)10(5-8)15-12(16)7-4-11(14)20-6-7/h2-6H,1H3,(H,15,16)(H,17,18). The van der Waals surface area contributed by atoms with Crippen molar-refractivity contribution in [2.75, 3.05) is 12.4 Å². The van der Waals surface area contributed by atoms with Crippen molar-refractivity contribution in [3.63, 3.8) is 0 Å². The van der Waals surface area contributed by atoms with Crippen molar-refractivity contribution < 1.29 is 19.4 Å². The third kappa shape index (κ3) is 3.28. The number of aromatic carboxylic acids is 1. The number of carboxylic acid groups (broad SMARTS) is 1. The van der Waals surface area contributed by atoms with Crippen LogP contribution in [0.25, 0.3) is 0 Å². The lowest BCUT2D eigenvalue weighted by Gasteiger charge is -2.09. The highest BCUT2D eigenvalue weighted by Crippen LogP contribution is 2.24. The summed E-state index contributed by atoms with van der Waals surface area (Å²) in [5, 5.41) is 13.4. The smallest absolute Gasteiger partial charge is 0.337 e. The first-order valence-electron chi connectivity index (χ1n) is 5.48. The number of nitrogens with one attached hydrogen (secondary N) is 1. The molecule has 2 aromatic rings.